The van der Waals surface area contributed by atoms with E-state index in [4.69, 9.17) is 16.7 Å². The van der Waals surface area contributed by atoms with Crippen molar-refractivity contribution in [1.29, 1.82) is 0 Å². The third-order valence-electron chi connectivity index (χ3n) is 1.84. The van der Waals surface area contributed by atoms with Gasteiger partial charge in [-0.2, -0.15) is 0 Å². The van der Waals surface area contributed by atoms with Gasteiger partial charge in [-0.25, -0.2) is 4.79 Å². The Bertz CT molecular complexity index is 518. The number of benzene rings is 1. The first-order chi connectivity index (χ1) is 6.59. The normalized spacial score (nSPS) is 10.6. The fourth-order valence-corrected chi connectivity index (χ4v) is 2.52. The molecule has 3 nitrogen and oxygen atoms in total. The molecule has 72 valence electrons. The lowest BCUT2D eigenvalue weighted by Gasteiger charge is -1.97. The summed E-state index contributed by atoms with van der Waals surface area (Å²) in [6.45, 7) is 0. The molecule has 2 N–H and O–H groups in total. The molecule has 0 radical (unpaired) electrons. The van der Waals surface area contributed by atoms with Gasteiger partial charge in [0.2, 0.25) is 0 Å². The third-order valence-corrected chi connectivity index (χ3v) is 3.28. The first-order valence-corrected chi connectivity index (χ1v) is 4.98. The highest BCUT2D eigenvalue weighted by atomic mass is 35.5. The highest BCUT2D eigenvalue weighted by molar-refractivity contribution is 7.18. The fraction of sp³-hybridized carbons (Fsp3) is 0. The Labute approximate surface area is 88.2 Å². The number of carboxylic acids is 1. The topological polar surface area (TPSA) is 57.5 Å². The maximum atomic E-state index is 10.8. The average molecular weight is 229 g/mol. The minimum absolute atomic E-state index is 0.0246. The molecule has 1 heterocycles. The zero-order valence-electron chi connectivity index (χ0n) is 6.82. The molecule has 0 saturated carbocycles. The Morgan fingerprint density at radius 1 is 1.43 bits per heavy atom. The van der Waals surface area contributed by atoms with Crippen LogP contribution in [-0.2, 0) is 0 Å². The molecule has 0 fully saturated rings. The number of fused-ring (bicyclic) bond motifs is 1. The van der Waals surface area contributed by atoms with Crippen molar-refractivity contribution in [3.8, 4) is 5.75 Å². The number of hydrogen-bond acceptors (Lipinski definition) is 3. The first-order valence-electron chi connectivity index (χ1n) is 3.72. The van der Waals surface area contributed by atoms with Crippen molar-refractivity contribution in [3.05, 3.63) is 28.1 Å². The van der Waals surface area contributed by atoms with Crippen LogP contribution in [-0.4, -0.2) is 16.2 Å². The minimum Gasteiger partial charge on any atom is -0.508 e. The number of aromatic hydroxyl groups is 1. The highest BCUT2D eigenvalue weighted by Gasteiger charge is 2.13. The minimum atomic E-state index is -1.02. The zero-order chi connectivity index (χ0) is 10.3. The molecule has 0 aliphatic carbocycles. The van der Waals surface area contributed by atoms with E-state index >= 15 is 0 Å². The fourth-order valence-electron chi connectivity index (χ4n) is 1.25. The number of carbonyl (C=O) groups is 1. The van der Waals surface area contributed by atoms with Crippen LogP contribution in [0.5, 0.6) is 5.75 Å². The number of rotatable bonds is 1. The van der Waals surface area contributed by atoms with E-state index in [0.29, 0.717) is 15.1 Å². The Morgan fingerprint density at radius 3 is 2.79 bits per heavy atom. The number of thiophene rings is 1. The second-order valence-electron chi connectivity index (χ2n) is 2.76. The van der Waals surface area contributed by atoms with Crippen molar-refractivity contribution >= 4 is 39.0 Å². The van der Waals surface area contributed by atoms with Gasteiger partial charge in [0.15, 0.2) is 0 Å². The molecule has 5 heteroatoms. The van der Waals surface area contributed by atoms with Gasteiger partial charge in [-0.05, 0) is 12.1 Å². The molecule has 0 aliphatic heterocycles. The molecule has 2 aromatic rings. The number of phenols is 1. The van der Waals surface area contributed by atoms with E-state index in [1.807, 2.05) is 0 Å². The molecule has 0 spiro atoms. The summed E-state index contributed by atoms with van der Waals surface area (Å²) < 4.78 is 0.682. The number of hydrogen-bond donors (Lipinski definition) is 2. The van der Waals surface area contributed by atoms with E-state index in [0.717, 1.165) is 0 Å². The number of carboxylic acid groups (broad SMARTS) is 1. The summed E-state index contributed by atoms with van der Waals surface area (Å²) in [7, 11) is 0. The molecule has 0 aliphatic rings. The van der Waals surface area contributed by atoms with Crippen LogP contribution in [0.15, 0.2) is 17.5 Å². The number of phenolic OH excluding ortho intramolecular Hbond substituents is 1. The van der Waals surface area contributed by atoms with Gasteiger partial charge in [0.25, 0.3) is 0 Å². The van der Waals surface area contributed by atoms with Gasteiger partial charge in [-0.1, -0.05) is 11.6 Å². The first kappa shape index (κ1) is 9.30. The summed E-state index contributed by atoms with van der Waals surface area (Å²) in [5, 5.41) is 20.5. The van der Waals surface area contributed by atoms with E-state index in [1.54, 1.807) is 0 Å². The van der Waals surface area contributed by atoms with Crippen LogP contribution in [0, 0.1) is 0 Å². The van der Waals surface area contributed by atoms with E-state index in [9.17, 15) is 9.90 Å². The lowest BCUT2D eigenvalue weighted by molar-refractivity contribution is 0.0699. The second-order valence-corrected chi connectivity index (χ2v) is 4.05. The van der Waals surface area contributed by atoms with E-state index in [2.05, 4.69) is 0 Å². The maximum Gasteiger partial charge on any atom is 0.337 e. The van der Waals surface area contributed by atoms with Crippen molar-refractivity contribution in [3.63, 3.8) is 0 Å². The van der Waals surface area contributed by atoms with Crippen LogP contribution in [0.3, 0.4) is 0 Å². The Hall–Kier alpha value is -1.26. The average Bonchev–Trinajstić information content (AvgIpc) is 2.47. The maximum absolute atomic E-state index is 10.8. The van der Waals surface area contributed by atoms with Crippen molar-refractivity contribution < 1.29 is 15.0 Å². The molecule has 0 amide bonds. The van der Waals surface area contributed by atoms with Crippen molar-refractivity contribution in [1.82, 2.24) is 0 Å². The third kappa shape index (κ3) is 1.32. The highest BCUT2D eigenvalue weighted by Crippen LogP contribution is 2.35. The van der Waals surface area contributed by atoms with Gasteiger partial charge >= 0.3 is 5.97 Å². The molecule has 14 heavy (non-hydrogen) atoms. The lowest BCUT2D eigenvalue weighted by Crippen LogP contribution is -1.93. The molecule has 0 bridgehead atoms. The number of aromatic carboxylic acids is 1. The molecule has 2 rings (SSSR count). The Kier molecular flexibility index (Phi) is 2.09. The van der Waals surface area contributed by atoms with Gasteiger partial charge in [-0.3, -0.25) is 0 Å². The van der Waals surface area contributed by atoms with Crippen LogP contribution in [0.4, 0.5) is 0 Å². The second kappa shape index (κ2) is 3.15. The van der Waals surface area contributed by atoms with Gasteiger partial charge in [0, 0.05) is 10.8 Å². The predicted molar refractivity (Wildman–Crippen MR) is 55.5 cm³/mol. The van der Waals surface area contributed by atoms with Crippen molar-refractivity contribution in [2.75, 3.05) is 0 Å². The van der Waals surface area contributed by atoms with E-state index in [-0.39, 0.29) is 11.3 Å². The van der Waals surface area contributed by atoms with Gasteiger partial charge in [-0.15, -0.1) is 11.3 Å². The summed E-state index contributed by atoms with van der Waals surface area (Å²) in [4.78, 5) is 10.8. The quantitative estimate of drug-likeness (QED) is 0.789. The largest absolute Gasteiger partial charge is 0.508 e. The molecule has 0 atom stereocenters. The Balaban J connectivity index is 2.85. The van der Waals surface area contributed by atoms with E-state index in [1.165, 1.54) is 28.8 Å². The van der Waals surface area contributed by atoms with Crippen molar-refractivity contribution in [2.24, 2.45) is 0 Å². The SMILES string of the molecule is O=C(O)c1csc2c(Cl)cc(O)cc12. The smallest absolute Gasteiger partial charge is 0.337 e. The molecule has 0 unspecified atom stereocenters. The summed E-state index contributed by atoms with van der Waals surface area (Å²) in [6.07, 6.45) is 0. The lowest BCUT2D eigenvalue weighted by atomic mass is 10.2. The van der Waals surface area contributed by atoms with Crippen molar-refractivity contribution in [2.45, 2.75) is 0 Å². The van der Waals surface area contributed by atoms with Crippen LogP contribution in [0.1, 0.15) is 10.4 Å². The standard InChI is InChI=1S/C9H5ClO3S/c10-7-2-4(11)1-5-6(9(12)13)3-14-8(5)7/h1-3,11H,(H,12,13). The molecule has 0 saturated heterocycles. The van der Waals surface area contributed by atoms with E-state index < -0.39 is 5.97 Å². The summed E-state index contributed by atoms with van der Waals surface area (Å²) in [6, 6.07) is 2.80. The van der Waals surface area contributed by atoms with Gasteiger partial charge < -0.3 is 10.2 Å². The Morgan fingerprint density at radius 2 is 2.14 bits per heavy atom. The van der Waals surface area contributed by atoms with Gasteiger partial charge in [0.1, 0.15) is 5.75 Å². The summed E-state index contributed by atoms with van der Waals surface area (Å²) >= 11 is 7.09. The van der Waals surface area contributed by atoms with Crippen LogP contribution < -0.4 is 0 Å². The van der Waals surface area contributed by atoms with Crippen LogP contribution >= 0.6 is 22.9 Å². The predicted octanol–water partition coefficient (Wildman–Crippen LogP) is 2.96. The molecular formula is C9H5ClO3S. The van der Waals surface area contributed by atoms with Gasteiger partial charge in [0.05, 0.1) is 15.3 Å². The monoisotopic (exact) mass is 228 g/mol. The van der Waals surface area contributed by atoms with Crippen LogP contribution in [0.2, 0.25) is 5.02 Å². The number of halogens is 1. The molecule has 1 aromatic heterocycles. The summed E-state index contributed by atoms with van der Waals surface area (Å²) in [5.41, 5.74) is 0.169. The van der Waals surface area contributed by atoms with Crippen LogP contribution in [0.25, 0.3) is 10.1 Å². The molecule has 1 aromatic carbocycles. The zero-order valence-corrected chi connectivity index (χ0v) is 8.39. The summed E-state index contributed by atoms with van der Waals surface area (Å²) in [5.74, 6) is -1.04. The molecular weight excluding hydrogens is 224 g/mol.